The van der Waals surface area contributed by atoms with Gasteiger partial charge in [0.15, 0.2) is 0 Å². The normalized spacial score (nSPS) is 27.9. The molecule has 1 aromatic rings. The maximum atomic E-state index is 6.03. The van der Waals surface area contributed by atoms with Gasteiger partial charge in [0, 0.05) is 36.4 Å². The fraction of sp³-hybridized carbons (Fsp3) is 0.600. The Morgan fingerprint density at radius 2 is 2.00 bits per heavy atom. The van der Waals surface area contributed by atoms with E-state index in [1.54, 1.807) is 0 Å². The third kappa shape index (κ3) is 3.12. The van der Waals surface area contributed by atoms with Gasteiger partial charge >= 0.3 is 0 Å². The molecule has 0 N–H and O–H groups in total. The number of ether oxygens (including phenoxy) is 2. The maximum Gasteiger partial charge on any atom is 0.120 e. The summed E-state index contributed by atoms with van der Waals surface area (Å²) in [6, 6.07) is 6.90. The van der Waals surface area contributed by atoms with E-state index in [-0.39, 0.29) is 0 Å². The largest absolute Gasteiger partial charge is 0.490 e. The minimum absolute atomic E-state index is 0.383. The van der Waals surface area contributed by atoms with Crippen LogP contribution in [-0.4, -0.2) is 43.3 Å². The lowest BCUT2D eigenvalue weighted by atomic mass is 9.87. The van der Waals surface area contributed by atoms with Gasteiger partial charge < -0.3 is 9.47 Å². The zero-order valence-electron chi connectivity index (χ0n) is 11.3. The molecule has 1 aliphatic heterocycles. The van der Waals surface area contributed by atoms with Crippen molar-refractivity contribution in [2.24, 2.45) is 0 Å². The molecule has 2 aliphatic rings. The number of morpholine rings is 1. The quantitative estimate of drug-likeness (QED) is 0.852. The van der Waals surface area contributed by atoms with Crippen molar-refractivity contribution in [3.63, 3.8) is 0 Å². The van der Waals surface area contributed by atoms with Crippen molar-refractivity contribution in [1.82, 2.24) is 4.90 Å². The molecule has 3 rings (SSSR count). The van der Waals surface area contributed by atoms with E-state index in [1.165, 1.54) is 5.56 Å². The van der Waals surface area contributed by atoms with Crippen molar-refractivity contribution in [1.29, 1.82) is 0 Å². The molecule has 4 heteroatoms. The van der Waals surface area contributed by atoms with E-state index in [0.29, 0.717) is 12.1 Å². The molecule has 0 radical (unpaired) electrons. The highest BCUT2D eigenvalue weighted by atomic mass is 79.9. The van der Waals surface area contributed by atoms with Crippen molar-refractivity contribution in [2.45, 2.75) is 31.9 Å². The van der Waals surface area contributed by atoms with E-state index in [4.69, 9.17) is 9.47 Å². The Bertz CT molecular complexity index is 440. The lowest BCUT2D eigenvalue weighted by Gasteiger charge is -2.44. The summed E-state index contributed by atoms with van der Waals surface area (Å²) in [7, 11) is 0. The summed E-state index contributed by atoms with van der Waals surface area (Å²) in [6.07, 6.45) is 2.68. The summed E-state index contributed by atoms with van der Waals surface area (Å²) in [5, 5.41) is 0. The summed E-state index contributed by atoms with van der Waals surface area (Å²) in [6.45, 7) is 6.01. The molecule has 1 saturated carbocycles. The van der Waals surface area contributed by atoms with Crippen LogP contribution in [0, 0.1) is 6.92 Å². The molecular formula is C15H20BrNO2. The molecule has 0 amide bonds. The second-order valence-corrected chi connectivity index (χ2v) is 6.28. The first-order valence-electron chi connectivity index (χ1n) is 6.97. The van der Waals surface area contributed by atoms with Crippen LogP contribution in [0.3, 0.4) is 0 Å². The predicted octanol–water partition coefficient (Wildman–Crippen LogP) is 3.00. The molecule has 0 bridgehead atoms. The van der Waals surface area contributed by atoms with Crippen molar-refractivity contribution in [3.8, 4) is 5.75 Å². The van der Waals surface area contributed by atoms with Gasteiger partial charge in [-0.2, -0.15) is 0 Å². The number of benzene rings is 1. The smallest absolute Gasteiger partial charge is 0.120 e. The second-order valence-electron chi connectivity index (χ2n) is 5.42. The van der Waals surface area contributed by atoms with Crippen molar-refractivity contribution in [2.75, 3.05) is 26.3 Å². The molecule has 1 aliphatic carbocycles. The van der Waals surface area contributed by atoms with Gasteiger partial charge in [0.05, 0.1) is 13.2 Å². The van der Waals surface area contributed by atoms with E-state index in [0.717, 1.165) is 49.4 Å². The van der Waals surface area contributed by atoms with Crippen LogP contribution in [0.15, 0.2) is 22.7 Å². The van der Waals surface area contributed by atoms with Crippen LogP contribution < -0.4 is 4.74 Å². The lowest BCUT2D eigenvalue weighted by molar-refractivity contribution is -0.0373. The molecule has 104 valence electrons. The zero-order valence-corrected chi connectivity index (χ0v) is 12.9. The molecule has 3 nitrogen and oxygen atoms in total. The summed E-state index contributed by atoms with van der Waals surface area (Å²) >= 11 is 3.51. The summed E-state index contributed by atoms with van der Waals surface area (Å²) in [5.41, 5.74) is 1.22. The van der Waals surface area contributed by atoms with Crippen LogP contribution in [0.1, 0.15) is 18.4 Å². The van der Waals surface area contributed by atoms with Crippen molar-refractivity contribution in [3.05, 3.63) is 28.2 Å². The highest BCUT2D eigenvalue weighted by Crippen LogP contribution is 2.31. The van der Waals surface area contributed by atoms with Gasteiger partial charge in [-0.05, 0) is 30.7 Å². The topological polar surface area (TPSA) is 21.7 Å². The Morgan fingerprint density at radius 3 is 2.68 bits per heavy atom. The van der Waals surface area contributed by atoms with E-state index in [9.17, 15) is 0 Å². The number of aryl methyl sites for hydroxylation is 1. The first kappa shape index (κ1) is 13.4. The number of rotatable bonds is 3. The molecule has 1 saturated heterocycles. The van der Waals surface area contributed by atoms with Crippen LogP contribution in [0.25, 0.3) is 0 Å². The molecule has 0 atom stereocenters. The standard InChI is InChI=1S/C15H20BrNO2/c1-11-8-13(2-3-15(11)16)19-14-9-12(10-14)17-4-6-18-7-5-17/h2-3,8,12,14H,4-7,9-10H2,1H3. The highest BCUT2D eigenvalue weighted by Gasteiger charge is 2.35. The number of nitrogens with zero attached hydrogens (tertiary/aromatic N) is 1. The fourth-order valence-electron chi connectivity index (χ4n) is 2.76. The van der Waals surface area contributed by atoms with Gasteiger partial charge in [0.1, 0.15) is 11.9 Å². The van der Waals surface area contributed by atoms with E-state index >= 15 is 0 Å². The van der Waals surface area contributed by atoms with Gasteiger partial charge in [-0.15, -0.1) is 0 Å². The van der Waals surface area contributed by atoms with Crippen LogP contribution >= 0.6 is 15.9 Å². The first-order valence-corrected chi connectivity index (χ1v) is 7.76. The third-order valence-corrected chi connectivity index (χ3v) is 4.95. The fourth-order valence-corrected chi connectivity index (χ4v) is 3.00. The van der Waals surface area contributed by atoms with Crippen LogP contribution in [0.4, 0.5) is 0 Å². The number of hydrogen-bond donors (Lipinski definition) is 0. The van der Waals surface area contributed by atoms with Gasteiger partial charge in [0.2, 0.25) is 0 Å². The van der Waals surface area contributed by atoms with Gasteiger partial charge in [0.25, 0.3) is 0 Å². The Morgan fingerprint density at radius 1 is 1.26 bits per heavy atom. The zero-order chi connectivity index (χ0) is 13.2. The second kappa shape index (κ2) is 5.81. The average molecular weight is 326 g/mol. The summed E-state index contributed by atoms with van der Waals surface area (Å²) in [4.78, 5) is 2.54. The minimum Gasteiger partial charge on any atom is -0.490 e. The maximum absolute atomic E-state index is 6.03. The van der Waals surface area contributed by atoms with Crippen LogP contribution in [0.5, 0.6) is 5.75 Å². The molecule has 1 aromatic carbocycles. The molecular weight excluding hydrogens is 306 g/mol. The van der Waals surface area contributed by atoms with Crippen molar-refractivity contribution >= 4 is 15.9 Å². The monoisotopic (exact) mass is 325 g/mol. The number of hydrogen-bond acceptors (Lipinski definition) is 3. The van der Waals surface area contributed by atoms with Crippen LogP contribution in [-0.2, 0) is 4.74 Å². The highest BCUT2D eigenvalue weighted by molar-refractivity contribution is 9.10. The molecule has 0 spiro atoms. The van der Waals surface area contributed by atoms with Crippen LogP contribution in [0.2, 0.25) is 0 Å². The predicted molar refractivity (Wildman–Crippen MR) is 78.7 cm³/mol. The molecule has 0 aromatic heterocycles. The van der Waals surface area contributed by atoms with E-state index < -0.39 is 0 Å². The number of halogens is 1. The Hall–Kier alpha value is -0.580. The summed E-state index contributed by atoms with van der Waals surface area (Å²) < 4.78 is 12.6. The van der Waals surface area contributed by atoms with E-state index in [1.807, 2.05) is 6.07 Å². The third-order valence-electron chi connectivity index (χ3n) is 4.06. The molecule has 2 fully saturated rings. The van der Waals surface area contributed by atoms with E-state index in [2.05, 4.69) is 39.9 Å². The SMILES string of the molecule is Cc1cc(OC2CC(N3CCOCC3)C2)ccc1Br. The minimum atomic E-state index is 0.383. The first-order chi connectivity index (χ1) is 9.22. The van der Waals surface area contributed by atoms with Crippen molar-refractivity contribution < 1.29 is 9.47 Å². The Kier molecular flexibility index (Phi) is 4.10. The average Bonchev–Trinajstić information content (AvgIpc) is 2.38. The lowest BCUT2D eigenvalue weighted by Crippen LogP contribution is -2.52. The molecule has 1 heterocycles. The van der Waals surface area contributed by atoms with Gasteiger partial charge in [-0.1, -0.05) is 15.9 Å². The summed E-state index contributed by atoms with van der Waals surface area (Å²) in [5.74, 6) is 0.992. The molecule has 19 heavy (non-hydrogen) atoms. The molecule has 0 unspecified atom stereocenters. The Balaban J connectivity index is 1.49. The van der Waals surface area contributed by atoms with Gasteiger partial charge in [-0.3, -0.25) is 4.90 Å². The Labute approximate surface area is 123 Å². The van der Waals surface area contributed by atoms with Gasteiger partial charge in [-0.25, -0.2) is 0 Å².